The Morgan fingerprint density at radius 1 is 0.976 bits per heavy atom. The first-order valence-corrected chi connectivity index (χ1v) is 15.0. The molecule has 0 saturated carbocycles. The summed E-state index contributed by atoms with van der Waals surface area (Å²) >= 11 is 12.6. The molecule has 220 valence electrons. The highest BCUT2D eigenvalue weighted by Crippen LogP contribution is 2.46. The quantitative estimate of drug-likeness (QED) is 0.334. The molecule has 3 amide bonds. The Kier molecular flexibility index (Phi) is 8.81. The highest BCUT2D eigenvalue weighted by molar-refractivity contribution is 6.30. The predicted octanol–water partition coefficient (Wildman–Crippen LogP) is 7.18. The van der Waals surface area contributed by atoms with Gasteiger partial charge in [0.05, 0.1) is 18.2 Å². The zero-order valence-electron chi connectivity index (χ0n) is 24.4. The van der Waals surface area contributed by atoms with Gasteiger partial charge in [0.25, 0.3) is 0 Å². The molecule has 9 heteroatoms. The lowest BCUT2D eigenvalue weighted by Gasteiger charge is -2.34. The van der Waals surface area contributed by atoms with Crippen molar-refractivity contribution in [2.75, 3.05) is 26.2 Å². The summed E-state index contributed by atoms with van der Waals surface area (Å²) in [6.07, 6.45) is 0.238. The molecule has 1 N–H and O–H groups in total. The minimum absolute atomic E-state index is 0.0644. The Hall–Kier alpha value is -3.55. The molecule has 1 saturated heterocycles. The van der Waals surface area contributed by atoms with E-state index in [1.54, 1.807) is 9.80 Å². The summed E-state index contributed by atoms with van der Waals surface area (Å²) in [6.45, 7) is 9.96. The summed E-state index contributed by atoms with van der Waals surface area (Å²) in [5.41, 5.74) is 3.51. The maximum Gasteiger partial charge on any atom is 0.326 e. The zero-order valence-corrected chi connectivity index (χ0v) is 25.9. The number of amidine groups is 1. The number of rotatable bonds is 5. The van der Waals surface area contributed by atoms with Crippen LogP contribution in [0.1, 0.15) is 68.5 Å². The molecule has 0 spiro atoms. The number of aliphatic imine (C=N–C) groups is 1. The molecular formula is C33H36Cl2N4O3. The summed E-state index contributed by atoms with van der Waals surface area (Å²) in [6, 6.07) is 20.1. The van der Waals surface area contributed by atoms with Crippen LogP contribution in [0.15, 0.2) is 71.7 Å². The number of nitrogens with one attached hydrogen (secondary N) is 1. The topological polar surface area (TPSA) is 74.2 Å². The van der Waals surface area contributed by atoms with Crippen LogP contribution in [0.5, 0.6) is 5.75 Å². The van der Waals surface area contributed by atoms with Crippen LogP contribution in [0.25, 0.3) is 0 Å². The van der Waals surface area contributed by atoms with Gasteiger partial charge in [0, 0.05) is 36.1 Å². The highest BCUT2D eigenvalue weighted by Gasteiger charge is 2.45. The van der Waals surface area contributed by atoms with E-state index >= 15 is 0 Å². The molecule has 3 aromatic carbocycles. The van der Waals surface area contributed by atoms with E-state index < -0.39 is 12.1 Å². The Balaban J connectivity index is 1.73. The molecule has 7 nitrogen and oxygen atoms in total. The van der Waals surface area contributed by atoms with Gasteiger partial charge in [-0.1, -0.05) is 74.3 Å². The molecule has 0 radical (unpaired) electrons. The molecule has 5 rings (SSSR count). The summed E-state index contributed by atoms with van der Waals surface area (Å²) in [5.74, 6) is 1.12. The molecular weight excluding hydrogens is 571 g/mol. The van der Waals surface area contributed by atoms with Crippen molar-refractivity contribution in [3.8, 4) is 5.75 Å². The van der Waals surface area contributed by atoms with E-state index in [1.807, 2.05) is 61.5 Å². The van der Waals surface area contributed by atoms with Crippen molar-refractivity contribution in [3.63, 3.8) is 0 Å². The molecule has 1 fully saturated rings. The third kappa shape index (κ3) is 6.27. The van der Waals surface area contributed by atoms with Gasteiger partial charge in [-0.15, -0.1) is 0 Å². The minimum atomic E-state index is -0.481. The monoisotopic (exact) mass is 606 g/mol. The summed E-state index contributed by atoms with van der Waals surface area (Å²) in [7, 11) is 0. The van der Waals surface area contributed by atoms with Crippen LogP contribution >= 0.6 is 23.2 Å². The number of benzene rings is 3. The van der Waals surface area contributed by atoms with Crippen LogP contribution in [0, 0.1) is 0 Å². The fourth-order valence-corrected chi connectivity index (χ4v) is 5.67. The molecule has 42 heavy (non-hydrogen) atoms. The van der Waals surface area contributed by atoms with Crippen molar-refractivity contribution in [2.24, 2.45) is 4.99 Å². The third-order valence-electron chi connectivity index (χ3n) is 7.67. The van der Waals surface area contributed by atoms with Crippen LogP contribution in [0.3, 0.4) is 0 Å². The molecule has 2 atom stereocenters. The lowest BCUT2D eigenvalue weighted by molar-refractivity contribution is -0.120. The normalized spacial score (nSPS) is 19.3. The fourth-order valence-electron chi connectivity index (χ4n) is 5.42. The average molecular weight is 608 g/mol. The number of hydrogen-bond acceptors (Lipinski definition) is 4. The predicted molar refractivity (Wildman–Crippen MR) is 168 cm³/mol. The van der Waals surface area contributed by atoms with Gasteiger partial charge in [-0.3, -0.25) is 14.7 Å². The van der Waals surface area contributed by atoms with Gasteiger partial charge >= 0.3 is 6.03 Å². The molecule has 2 aliphatic rings. The first-order chi connectivity index (χ1) is 20.1. The van der Waals surface area contributed by atoms with Crippen LogP contribution in [-0.4, -0.2) is 53.8 Å². The molecule has 2 heterocycles. The Morgan fingerprint density at radius 2 is 1.62 bits per heavy atom. The minimum Gasteiger partial charge on any atom is -0.493 e. The van der Waals surface area contributed by atoms with Crippen molar-refractivity contribution in [1.82, 2.24) is 15.1 Å². The number of halogens is 2. The summed E-state index contributed by atoms with van der Waals surface area (Å²) in [4.78, 5) is 35.6. The van der Waals surface area contributed by atoms with E-state index in [9.17, 15) is 9.59 Å². The van der Waals surface area contributed by atoms with Crippen LogP contribution < -0.4 is 10.1 Å². The van der Waals surface area contributed by atoms with Gasteiger partial charge in [0.1, 0.15) is 17.6 Å². The van der Waals surface area contributed by atoms with Crippen molar-refractivity contribution >= 4 is 41.0 Å². The lowest BCUT2D eigenvalue weighted by Crippen LogP contribution is -2.47. The van der Waals surface area contributed by atoms with Gasteiger partial charge in [-0.25, -0.2) is 4.79 Å². The maximum atomic E-state index is 14.6. The first-order valence-electron chi connectivity index (χ1n) is 14.3. The van der Waals surface area contributed by atoms with E-state index in [0.717, 1.165) is 22.3 Å². The number of ether oxygens (including phenoxy) is 1. The summed E-state index contributed by atoms with van der Waals surface area (Å²) in [5, 5.41) is 4.10. The fraction of sp³-hybridized carbons (Fsp3) is 0.364. The van der Waals surface area contributed by atoms with Gasteiger partial charge in [0.15, 0.2) is 0 Å². The van der Waals surface area contributed by atoms with E-state index in [1.165, 1.54) is 0 Å². The second kappa shape index (κ2) is 12.4. The number of hydrogen-bond donors (Lipinski definition) is 1. The number of amides is 3. The van der Waals surface area contributed by atoms with Crippen molar-refractivity contribution in [3.05, 3.63) is 99.0 Å². The van der Waals surface area contributed by atoms with E-state index in [0.29, 0.717) is 47.9 Å². The zero-order chi connectivity index (χ0) is 30.0. The number of carbonyl (C=O) groups excluding carboxylic acids is 2. The van der Waals surface area contributed by atoms with Gasteiger partial charge < -0.3 is 15.0 Å². The second-order valence-corrected chi connectivity index (χ2v) is 12.5. The Bertz CT molecular complexity index is 1480. The third-order valence-corrected chi connectivity index (χ3v) is 8.17. The second-order valence-electron chi connectivity index (χ2n) is 11.6. The smallest absolute Gasteiger partial charge is 0.326 e. The van der Waals surface area contributed by atoms with E-state index in [-0.39, 0.29) is 23.8 Å². The van der Waals surface area contributed by atoms with Crippen molar-refractivity contribution in [1.29, 1.82) is 0 Å². The molecule has 0 unspecified atom stereocenters. The summed E-state index contributed by atoms with van der Waals surface area (Å²) < 4.78 is 6.12. The van der Waals surface area contributed by atoms with E-state index in [4.69, 9.17) is 32.9 Å². The van der Waals surface area contributed by atoms with E-state index in [2.05, 4.69) is 38.2 Å². The van der Waals surface area contributed by atoms with Crippen molar-refractivity contribution < 1.29 is 14.3 Å². The van der Waals surface area contributed by atoms with Crippen LogP contribution in [0.2, 0.25) is 10.0 Å². The van der Waals surface area contributed by atoms with Crippen LogP contribution in [0.4, 0.5) is 4.79 Å². The van der Waals surface area contributed by atoms with Gasteiger partial charge in [-0.2, -0.15) is 0 Å². The Morgan fingerprint density at radius 3 is 2.24 bits per heavy atom. The van der Waals surface area contributed by atoms with Gasteiger partial charge in [-0.05, 0) is 65.4 Å². The van der Waals surface area contributed by atoms with Crippen LogP contribution in [-0.2, 0) is 10.2 Å². The SMILES string of the molecule is CCOc1ccc(C(C)(C)C)cc1C1=N[C@@H](c2ccc(Cl)cc2)[C@@H](c2ccc(Cl)cc2)N1C(=O)N1CCNC(=O)CC1. The van der Waals surface area contributed by atoms with Gasteiger partial charge in [0.2, 0.25) is 5.91 Å². The maximum absolute atomic E-state index is 14.6. The molecule has 0 bridgehead atoms. The number of carbonyl (C=O) groups is 2. The standard InChI is InChI=1S/C33H36Cl2N4O3/c1-5-42-27-15-10-23(33(2,3)4)20-26(27)31-37-29(21-6-11-24(34)12-7-21)30(22-8-13-25(35)14-9-22)39(31)32(41)38-18-16-28(40)36-17-19-38/h6-15,20,29-30H,5,16-19H2,1-4H3,(H,36,40)/t29-,30+/m0/s1. The first kappa shape index (κ1) is 29.9. The lowest BCUT2D eigenvalue weighted by atomic mass is 9.86. The molecule has 3 aromatic rings. The average Bonchev–Trinajstić information content (AvgIpc) is 3.21. The molecule has 2 aliphatic heterocycles. The molecule has 0 aromatic heterocycles. The highest BCUT2D eigenvalue weighted by atomic mass is 35.5. The van der Waals surface area contributed by atoms with Crippen molar-refractivity contribution in [2.45, 2.75) is 51.6 Å². The number of urea groups is 1. The molecule has 0 aliphatic carbocycles. The largest absolute Gasteiger partial charge is 0.493 e. The Labute approximate surface area is 257 Å². The number of nitrogens with zero attached hydrogens (tertiary/aromatic N) is 3.